The van der Waals surface area contributed by atoms with Crippen molar-refractivity contribution in [1.82, 2.24) is 14.8 Å². The van der Waals surface area contributed by atoms with Crippen LogP contribution in [0.25, 0.3) is 0 Å². The van der Waals surface area contributed by atoms with Crippen LogP contribution in [0.2, 0.25) is 0 Å². The highest BCUT2D eigenvalue weighted by atomic mass is 32.1. The molecule has 0 saturated carbocycles. The lowest BCUT2D eigenvalue weighted by Gasteiger charge is -2.36. The predicted octanol–water partition coefficient (Wildman–Crippen LogP) is 2.80. The second-order valence-corrected chi connectivity index (χ2v) is 6.86. The van der Waals surface area contributed by atoms with Gasteiger partial charge in [0, 0.05) is 32.5 Å². The first-order chi connectivity index (χ1) is 11.7. The molecule has 2 aromatic heterocycles. The molecule has 6 heteroatoms. The maximum Gasteiger partial charge on any atom is 0.256 e. The van der Waals surface area contributed by atoms with Gasteiger partial charge in [-0.1, -0.05) is 0 Å². The second-order valence-electron chi connectivity index (χ2n) is 6.08. The van der Waals surface area contributed by atoms with Gasteiger partial charge in [-0.25, -0.2) is 0 Å². The fourth-order valence-corrected chi connectivity index (χ4v) is 3.74. The van der Waals surface area contributed by atoms with Gasteiger partial charge >= 0.3 is 0 Å². The summed E-state index contributed by atoms with van der Waals surface area (Å²) in [6, 6.07) is 5.14. The van der Waals surface area contributed by atoms with Gasteiger partial charge in [-0.15, -0.1) is 0 Å². The SMILES string of the molecule is CN(Cc1ccsc1)C(=O)[C@H]1CCCCN1C(=O)c1cccnc1. The maximum atomic E-state index is 12.9. The smallest absolute Gasteiger partial charge is 0.256 e. The Bertz CT molecular complexity index is 688. The summed E-state index contributed by atoms with van der Waals surface area (Å²) in [5.74, 6) is -0.0942. The number of amides is 2. The molecule has 1 aliphatic heterocycles. The number of carbonyl (C=O) groups excluding carboxylic acids is 2. The van der Waals surface area contributed by atoms with Crippen molar-refractivity contribution in [3.05, 3.63) is 52.5 Å². The van der Waals surface area contributed by atoms with Crippen LogP contribution in [0.15, 0.2) is 41.4 Å². The Hall–Kier alpha value is -2.21. The maximum absolute atomic E-state index is 12.9. The van der Waals surface area contributed by atoms with E-state index in [2.05, 4.69) is 4.98 Å². The third-order valence-electron chi connectivity index (χ3n) is 4.33. The van der Waals surface area contributed by atoms with E-state index in [1.807, 2.05) is 16.8 Å². The van der Waals surface area contributed by atoms with Crippen LogP contribution in [-0.4, -0.2) is 46.2 Å². The van der Waals surface area contributed by atoms with Gasteiger partial charge in [0.15, 0.2) is 0 Å². The number of aromatic nitrogens is 1. The van der Waals surface area contributed by atoms with Crippen molar-refractivity contribution < 1.29 is 9.59 Å². The molecule has 1 fully saturated rings. The molecule has 0 aliphatic carbocycles. The number of carbonyl (C=O) groups is 2. The minimum Gasteiger partial charge on any atom is -0.340 e. The molecule has 1 aliphatic rings. The van der Waals surface area contributed by atoms with Crippen LogP contribution in [0.4, 0.5) is 0 Å². The van der Waals surface area contributed by atoms with E-state index in [-0.39, 0.29) is 17.9 Å². The lowest BCUT2D eigenvalue weighted by Crippen LogP contribution is -2.52. The Labute approximate surface area is 145 Å². The van der Waals surface area contributed by atoms with Gasteiger partial charge in [-0.2, -0.15) is 11.3 Å². The number of likely N-dealkylation sites (N-methyl/N-ethyl adjacent to an activating group) is 1. The second kappa shape index (κ2) is 7.57. The largest absolute Gasteiger partial charge is 0.340 e. The van der Waals surface area contributed by atoms with E-state index in [4.69, 9.17) is 0 Å². The molecular formula is C18H21N3O2S. The zero-order chi connectivity index (χ0) is 16.9. The molecule has 0 bridgehead atoms. The third-order valence-corrected chi connectivity index (χ3v) is 5.07. The monoisotopic (exact) mass is 343 g/mol. The number of piperidine rings is 1. The Morgan fingerprint density at radius 3 is 2.96 bits per heavy atom. The number of thiophene rings is 1. The number of likely N-dealkylation sites (tertiary alicyclic amines) is 1. The number of pyridine rings is 1. The molecule has 0 N–H and O–H groups in total. The first-order valence-electron chi connectivity index (χ1n) is 8.14. The van der Waals surface area contributed by atoms with Crippen LogP contribution >= 0.6 is 11.3 Å². The molecule has 1 atom stereocenters. The molecule has 3 heterocycles. The summed E-state index contributed by atoms with van der Waals surface area (Å²) in [7, 11) is 1.81. The van der Waals surface area contributed by atoms with Gasteiger partial charge in [0.1, 0.15) is 6.04 Å². The van der Waals surface area contributed by atoms with E-state index in [9.17, 15) is 9.59 Å². The van der Waals surface area contributed by atoms with Gasteiger partial charge < -0.3 is 9.80 Å². The minimum atomic E-state index is -0.380. The molecule has 2 amide bonds. The Kier molecular flexibility index (Phi) is 5.25. The van der Waals surface area contributed by atoms with Crippen molar-refractivity contribution in [2.45, 2.75) is 31.8 Å². The Morgan fingerprint density at radius 1 is 1.38 bits per heavy atom. The fraction of sp³-hybridized carbons (Fsp3) is 0.389. The summed E-state index contributed by atoms with van der Waals surface area (Å²) >= 11 is 1.62. The zero-order valence-corrected chi connectivity index (χ0v) is 14.5. The van der Waals surface area contributed by atoms with Crippen molar-refractivity contribution in [2.24, 2.45) is 0 Å². The highest BCUT2D eigenvalue weighted by molar-refractivity contribution is 7.07. The third kappa shape index (κ3) is 3.64. The minimum absolute atomic E-state index is 0.0122. The van der Waals surface area contributed by atoms with Crippen LogP contribution in [-0.2, 0) is 11.3 Å². The van der Waals surface area contributed by atoms with E-state index in [1.165, 1.54) is 0 Å². The van der Waals surface area contributed by atoms with Crippen molar-refractivity contribution >= 4 is 23.2 Å². The highest BCUT2D eigenvalue weighted by Gasteiger charge is 2.34. The lowest BCUT2D eigenvalue weighted by atomic mass is 9.99. The summed E-state index contributed by atoms with van der Waals surface area (Å²) in [4.78, 5) is 33.1. The van der Waals surface area contributed by atoms with Crippen LogP contribution in [0, 0.1) is 0 Å². The molecule has 0 spiro atoms. The molecule has 2 aromatic rings. The fourth-order valence-electron chi connectivity index (χ4n) is 3.08. The molecule has 24 heavy (non-hydrogen) atoms. The average Bonchev–Trinajstić information content (AvgIpc) is 3.14. The van der Waals surface area contributed by atoms with Crippen LogP contribution < -0.4 is 0 Å². The summed E-state index contributed by atoms with van der Waals surface area (Å²) in [6.07, 6.45) is 5.83. The van der Waals surface area contributed by atoms with E-state index in [0.717, 1.165) is 24.8 Å². The normalized spacial score (nSPS) is 17.5. The van der Waals surface area contributed by atoms with Gasteiger partial charge in [-0.3, -0.25) is 14.6 Å². The molecule has 0 radical (unpaired) electrons. The summed E-state index contributed by atoms with van der Waals surface area (Å²) in [6.45, 7) is 1.20. The first kappa shape index (κ1) is 16.6. The molecular weight excluding hydrogens is 322 g/mol. The van der Waals surface area contributed by atoms with Gasteiger partial charge in [0.25, 0.3) is 5.91 Å². The summed E-state index contributed by atoms with van der Waals surface area (Å²) in [5.41, 5.74) is 1.66. The molecule has 0 unspecified atom stereocenters. The Balaban J connectivity index is 1.74. The van der Waals surface area contributed by atoms with Crippen LogP contribution in [0.5, 0.6) is 0 Å². The van der Waals surface area contributed by atoms with E-state index in [1.54, 1.807) is 52.7 Å². The van der Waals surface area contributed by atoms with Crippen molar-refractivity contribution in [1.29, 1.82) is 0 Å². The standard InChI is InChI=1S/C18H21N3O2S/c1-20(12-14-7-10-24-13-14)18(23)16-6-2-3-9-21(16)17(22)15-5-4-8-19-11-15/h4-5,7-8,10-11,13,16H,2-3,6,9,12H2,1H3/t16-/m1/s1. The van der Waals surface area contributed by atoms with Crippen molar-refractivity contribution in [2.75, 3.05) is 13.6 Å². The molecule has 1 saturated heterocycles. The van der Waals surface area contributed by atoms with Crippen molar-refractivity contribution in [3.63, 3.8) is 0 Å². The van der Waals surface area contributed by atoms with Crippen LogP contribution in [0.1, 0.15) is 35.2 Å². The summed E-state index contributed by atoms with van der Waals surface area (Å²) in [5, 5.41) is 4.05. The van der Waals surface area contributed by atoms with Gasteiger partial charge in [-0.05, 0) is 53.8 Å². The number of nitrogens with zero attached hydrogens (tertiary/aromatic N) is 3. The molecule has 126 valence electrons. The number of rotatable bonds is 4. The number of hydrogen-bond donors (Lipinski definition) is 0. The zero-order valence-electron chi connectivity index (χ0n) is 13.7. The quantitative estimate of drug-likeness (QED) is 0.858. The van der Waals surface area contributed by atoms with Crippen LogP contribution in [0.3, 0.4) is 0 Å². The lowest BCUT2D eigenvalue weighted by molar-refractivity contribution is -0.136. The summed E-state index contributed by atoms with van der Waals surface area (Å²) < 4.78 is 0. The predicted molar refractivity (Wildman–Crippen MR) is 93.7 cm³/mol. The molecule has 3 rings (SSSR count). The molecule has 0 aromatic carbocycles. The highest BCUT2D eigenvalue weighted by Crippen LogP contribution is 2.22. The van der Waals surface area contributed by atoms with Gasteiger partial charge in [0.2, 0.25) is 5.91 Å². The molecule has 5 nitrogen and oxygen atoms in total. The average molecular weight is 343 g/mol. The first-order valence-corrected chi connectivity index (χ1v) is 9.08. The topological polar surface area (TPSA) is 53.5 Å². The number of hydrogen-bond acceptors (Lipinski definition) is 4. The van der Waals surface area contributed by atoms with E-state index in [0.29, 0.717) is 18.7 Å². The van der Waals surface area contributed by atoms with Gasteiger partial charge in [0.05, 0.1) is 5.56 Å². The van der Waals surface area contributed by atoms with E-state index < -0.39 is 0 Å². The van der Waals surface area contributed by atoms with Crippen molar-refractivity contribution in [3.8, 4) is 0 Å². The Morgan fingerprint density at radius 2 is 2.25 bits per heavy atom. The van der Waals surface area contributed by atoms with E-state index >= 15 is 0 Å².